The van der Waals surface area contributed by atoms with Gasteiger partial charge in [-0.25, -0.2) is 0 Å². The molecule has 0 aliphatic carbocycles. The number of carbonyl (C=O) groups excluding carboxylic acids is 1. The van der Waals surface area contributed by atoms with Gasteiger partial charge in [-0.1, -0.05) is 31.4 Å². The molecule has 0 saturated carbocycles. The summed E-state index contributed by atoms with van der Waals surface area (Å²) in [7, 11) is 0. The molecule has 2 aromatic rings. The van der Waals surface area contributed by atoms with Crippen molar-refractivity contribution in [3.8, 4) is 0 Å². The molecule has 0 aliphatic rings. The number of carbonyl (C=O) groups is 1. The van der Waals surface area contributed by atoms with Gasteiger partial charge in [0, 0.05) is 23.1 Å². The number of hydrogen-bond acceptors (Lipinski definition) is 1. The number of aromatic nitrogens is 1. The fraction of sp³-hybridized carbons (Fsp3) is 0.438. The van der Waals surface area contributed by atoms with E-state index in [9.17, 15) is 4.79 Å². The van der Waals surface area contributed by atoms with Crippen LogP contribution in [0.2, 0.25) is 0 Å². The number of aromatic amines is 1. The zero-order chi connectivity index (χ0) is 13.7. The summed E-state index contributed by atoms with van der Waals surface area (Å²) in [4.78, 5) is 14.0. The summed E-state index contributed by atoms with van der Waals surface area (Å²) in [5, 5.41) is 4.21. The molecule has 0 spiro atoms. The molecule has 0 radical (unpaired) electrons. The minimum absolute atomic E-state index is 0.233. The average Bonchev–Trinajstić information content (AvgIpc) is 2.79. The number of hydrogen-bond donors (Lipinski definition) is 2. The van der Waals surface area contributed by atoms with Crippen molar-refractivity contribution < 1.29 is 4.79 Å². The highest BCUT2D eigenvalue weighted by molar-refractivity contribution is 5.83. The van der Waals surface area contributed by atoms with Gasteiger partial charge in [0.15, 0.2) is 0 Å². The summed E-state index contributed by atoms with van der Waals surface area (Å²) >= 11 is 0. The summed E-state index contributed by atoms with van der Waals surface area (Å²) in [6, 6.07) is 6.67. The van der Waals surface area contributed by atoms with Crippen LogP contribution < -0.4 is 5.32 Å². The van der Waals surface area contributed by atoms with Gasteiger partial charge >= 0.3 is 0 Å². The van der Waals surface area contributed by atoms with Gasteiger partial charge in [0.2, 0.25) is 6.41 Å². The molecular weight excluding hydrogens is 236 g/mol. The van der Waals surface area contributed by atoms with Crippen LogP contribution in [-0.4, -0.2) is 17.4 Å². The summed E-state index contributed by atoms with van der Waals surface area (Å²) in [6.45, 7) is 4.28. The fourth-order valence-corrected chi connectivity index (χ4v) is 2.52. The zero-order valence-corrected chi connectivity index (χ0v) is 11.7. The Labute approximate surface area is 114 Å². The number of amides is 1. The Kier molecular flexibility index (Phi) is 4.61. The maximum absolute atomic E-state index is 10.7. The van der Waals surface area contributed by atoms with E-state index in [2.05, 4.69) is 48.5 Å². The van der Waals surface area contributed by atoms with Gasteiger partial charge in [-0.2, -0.15) is 0 Å². The van der Waals surface area contributed by atoms with E-state index >= 15 is 0 Å². The molecule has 1 aromatic carbocycles. The van der Waals surface area contributed by atoms with Gasteiger partial charge < -0.3 is 10.3 Å². The van der Waals surface area contributed by atoms with Crippen molar-refractivity contribution in [1.82, 2.24) is 10.3 Å². The molecular formula is C16H22N2O. The van der Waals surface area contributed by atoms with Gasteiger partial charge in [-0.05, 0) is 37.5 Å². The quantitative estimate of drug-likeness (QED) is 0.735. The van der Waals surface area contributed by atoms with Gasteiger partial charge in [0.05, 0.1) is 0 Å². The van der Waals surface area contributed by atoms with Crippen LogP contribution in [0.4, 0.5) is 0 Å². The highest BCUT2D eigenvalue weighted by Gasteiger charge is 2.11. The van der Waals surface area contributed by atoms with E-state index in [1.54, 1.807) is 0 Å². The predicted octanol–water partition coefficient (Wildman–Crippen LogP) is 3.32. The van der Waals surface area contributed by atoms with Crippen molar-refractivity contribution in [1.29, 1.82) is 0 Å². The van der Waals surface area contributed by atoms with Crippen LogP contribution in [0.25, 0.3) is 10.9 Å². The Morgan fingerprint density at radius 3 is 3.00 bits per heavy atom. The first-order valence-corrected chi connectivity index (χ1v) is 7.01. The lowest BCUT2D eigenvalue weighted by Gasteiger charge is -2.15. The SMILES string of the molecule is CCCCC(Cc1c[nH]c2ccc(C)cc12)NC=O. The normalized spacial score (nSPS) is 12.5. The molecule has 1 atom stereocenters. The lowest BCUT2D eigenvalue weighted by molar-refractivity contribution is -0.110. The van der Waals surface area contributed by atoms with Crippen LogP contribution in [0.1, 0.15) is 37.3 Å². The highest BCUT2D eigenvalue weighted by Crippen LogP contribution is 2.21. The van der Waals surface area contributed by atoms with Crippen molar-refractivity contribution in [2.75, 3.05) is 0 Å². The van der Waals surface area contributed by atoms with Gasteiger partial charge in [-0.15, -0.1) is 0 Å². The summed E-state index contributed by atoms with van der Waals surface area (Å²) in [5.41, 5.74) is 3.72. The minimum atomic E-state index is 0.233. The fourth-order valence-electron chi connectivity index (χ4n) is 2.52. The Morgan fingerprint density at radius 1 is 1.42 bits per heavy atom. The van der Waals surface area contributed by atoms with Gasteiger partial charge in [0.25, 0.3) is 0 Å². The van der Waals surface area contributed by atoms with Crippen LogP contribution in [-0.2, 0) is 11.2 Å². The average molecular weight is 258 g/mol. The van der Waals surface area contributed by atoms with E-state index in [-0.39, 0.29) is 6.04 Å². The number of H-pyrrole nitrogens is 1. The lowest BCUT2D eigenvalue weighted by Crippen LogP contribution is -2.29. The summed E-state index contributed by atoms with van der Waals surface area (Å²) < 4.78 is 0. The highest BCUT2D eigenvalue weighted by atomic mass is 16.1. The van der Waals surface area contributed by atoms with Crippen LogP contribution in [0, 0.1) is 6.92 Å². The van der Waals surface area contributed by atoms with E-state index in [4.69, 9.17) is 0 Å². The molecule has 102 valence electrons. The number of aryl methyl sites for hydroxylation is 1. The predicted molar refractivity (Wildman–Crippen MR) is 79.3 cm³/mol. The molecule has 1 heterocycles. The molecule has 2 rings (SSSR count). The number of rotatable bonds is 7. The van der Waals surface area contributed by atoms with Crippen LogP contribution >= 0.6 is 0 Å². The maximum atomic E-state index is 10.7. The number of fused-ring (bicyclic) bond motifs is 1. The van der Waals surface area contributed by atoms with Crippen LogP contribution in [0.5, 0.6) is 0 Å². The first-order chi connectivity index (χ1) is 9.24. The molecule has 0 saturated heterocycles. The van der Waals surface area contributed by atoms with E-state index in [0.29, 0.717) is 0 Å². The number of benzene rings is 1. The third-order valence-electron chi connectivity index (χ3n) is 3.60. The van der Waals surface area contributed by atoms with E-state index in [1.807, 2.05) is 0 Å². The second-order valence-electron chi connectivity index (χ2n) is 5.19. The Hall–Kier alpha value is -1.77. The Morgan fingerprint density at radius 2 is 2.26 bits per heavy atom. The third-order valence-corrected chi connectivity index (χ3v) is 3.60. The Bertz CT molecular complexity index is 545. The second-order valence-corrected chi connectivity index (χ2v) is 5.19. The van der Waals surface area contributed by atoms with Crippen LogP contribution in [0.3, 0.4) is 0 Å². The van der Waals surface area contributed by atoms with Crippen molar-refractivity contribution in [2.45, 2.75) is 45.6 Å². The molecule has 0 aliphatic heterocycles. The molecule has 3 nitrogen and oxygen atoms in total. The molecule has 19 heavy (non-hydrogen) atoms. The molecule has 0 bridgehead atoms. The number of unbranched alkanes of at least 4 members (excludes halogenated alkanes) is 1. The molecule has 1 amide bonds. The molecule has 1 aromatic heterocycles. The first-order valence-electron chi connectivity index (χ1n) is 7.01. The van der Waals surface area contributed by atoms with E-state index in [0.717, 1.165) is 32.1 Å². The molecule has 1 unspecified atom stereocenters. The minimum Gasteiger partial charge on any atom is -0.361 e. The monoisotopic (exact) mass is 258 g/mol. The standard InChI is InChI=1S/C16H22N2O/c1-3-4-5-14(18-11-19)9-13-10-17-16-7-6-12(2)8-15(13)16/h6-8,10-11,14,17H,3-5,9H2,1-2H3,(H,18,19). The topological polar surface area (TPSA) is 44.9 Å². The van der Waals surface area contributed by atoms with Crippen molar-refractivity contribution >= 4 is 17.3 Å². The summed E-state index contributed by atoms with van der Waals surface area (Å²) in [5.74, 6) is 0. The Balaban J connectivity index is 2.18. The first kappa shape index (κ1) is 13.7. The van der Waals surface area contributed by atoms with E-state index < -0.39 is 0 Å². The zero-order valence-electron chi connectivity index (χ0n) is 11.7. The summed E-state index contributed by atoms with van der Waals surface area (Å²) in [6.07, 6.45) is 7.11. The van der Waals surface area contributed by atoms with Crippen LogP contribution in [0.15, 0.2) is 24.4 Å². The molecule has 3 heteroatoms. The van der Waals surface area contributed by atoms with E-state index in [1.165, 1.54) is 22.0 Å². The molecule has 0 fully saturated rings. The van der Waals surface area contributed by atoms with Gasteiger partial charge in [0.1, 0.15) is 0 Å². The largest absolute Gasteiger partial charge is 0.361 e. The maximum Gasteiger partial charge on any atom is 0.207 e. The van der Waals surface area contributed by atoms with Crippen molar-refractivity contribution in [3.63, 3.8) is 0 Å². The molecule has 2 N–H and O–H groups in total. The third kappa shape index (κ3) is 3.37. The van der Waals surface area contributed by atoms with Gasteiger partial charge in [-0.3, -0.25) is 4.79 Å². The lowest BCUT2D eigenvalue weighted by atomic mass is 10.00. The smallest absolute Gasteiger partial charge is 0.207 e. The number of nitrogens with one attached hydrogen (secondary N) is 2. The van der Waals surface area contributed by atoms with Crippen molar-refractivity contribution in [2.24, 2.45) is 0 Å². The van der Waals surface area contributed by atoms with Crippen molar-refractivity contribution in [3.05, 3.63) is 35.5 Å². The second kappa shape index (κ2) is 6.41.